The van der Waals surface area contributed by atoms with Crippen LogP contribution in [0.3, 0.4) is 0 Å². The zero-order valence-electron chi connectivity index (χ0n) is 51.5. The van der Waals surface area contributed by atoms with Gasteiger partial charge in [0, 0.05) is 55.9 Å². The first-order valence-corrected chi connectivity index (χ1v) is 34.2. The van der Waals surface area contributed by atoms with Gasteiger partial charge in [-0.3, -0.25) is 0 Å². The van der Waals surface area contributed by atoms with Gasteiger partial charge in [-0.25, -0.2) is 0 Å². The summed E-state index contributed by atoms with van der Waals surface area (Å²) < 4.78 is 13.6. The lowest BCUT2D eigenvalue weighted by atomic mass is 9.49. The maximum Gasteiger partial charge on any atom is 0.0677 e. The fourth-order valence-corrected chi connectivity index (χ4v) is 22.0. The summed E-state index contributed by atoms with van der Waals surface area (Å²) in [6.45, 7) is 16.4. The molecule has 26 rings (SSSR count). The summed E-state index contributed by atoms with van der Waals surface area (Å²) in [5.74, 6) is 9.60. The van der Waals surface area contributed by atoms with Gasteiger partial charge in [0.05, 0.1) is 12.2 Å². The van der Waals surface area contributed by atoms with E-state index < -0.39 is 0 Å². The van der Waals surface area contributed by atoms with Crippen LogP contribution in [0.5, 0.6) is 0 Å². The Balaban J connectivity index is 0.805. The molecular formula is C78H103NO2. The molecule has 0 spiro atoms. The van der Waals surface area contributed by atoms with E-state index in [9.17, 15) is 0 Å². The van der Waals surface area contributed by atoms with Crippen molar-refractivity contribution in [1.82, 2.24) is 5.32 Å². The molecule has 14 heterocycles. The van der Waals surface area contributed by atoms with E-state index in [0.29, 0.717) is 59.3 Å². The molecule has 17 atom stereocenters. The van der Waals surface area contributed by atoms with Crippen molar-refractivity contribution in [1.29, 1.82) is 0 Å². The maximum absolute atomic E-state index is 7.04. The second-order valence-electron chi connectivity index (χ2n) is 29.8. The van der Waals surface area contributed by atoms with Crippen LogP contribution >= 0.6 is 0 Å². The van der Waals surface area contributed by atoms with Crippen molar-refractivity contribution < 1.29 is 9.47 Å². The van der Waals surface area contributed by atoms with Crippen LogP contribution in [-0.4, -0.2) is 39.0 Å². The molecule has 4 fully saturated rings. The van der Waals surface area contributed by atoms with E-state index in [1.165, 1.54) is 133 Å². The molecule has 1 N–H and O–H groups in total. The molecule has 15 unspecified atom stereocenters. The molecule has 432 valence electrons. The quantitative estimate of drug-likeness (QED) is 0.288. The van der Waals surface area contributed by atoms with Gasteiger partial charge in [-0.15, -0.1) is 0 Å². The Morgan fingerprint density at radius 1 is 0.630 bits per heavy atom. The minimum atomic E-state index is -0.190. The van der Waals surface area contributed by atoms with Crippen LogP contribution in [0.1, 0.15) is 204 Å². The summed E-state index contributed by atoms with van der Waals surface area (Å²) in [6, 6.07) is 5.41. The van der Waals surface area contributed by atoms with E-state index >= 15 is 0 Å². The molecule has 14 aliphatic heterocycles. The van der Waals surface area contributed by atoms with Gasteiger partial charge >= 0.3 is 0 Å². The number of methoxy groups -OCH3 is 2. The minimum Gasteiger partial charge on any atom is -0.381 e. The van der Waals surface area contributed by atoms with E-state index in [4.69, 9.17) is 9.47 Å². The Hall–Kier alpha value is -3.76. The normalized spacial score (nSPS) is 43.6. The Kier molecular flexibility index (Phi) is 15.2. The predicted molar refractivity (Wildman–Crippen MR) is 338 cm³/mol. The highest BCUT2D eigenvalue weighted by Crippen LogP contribution is 2.64. The van der Waals surface area contributed by atoms with Crippen LogP contribution in [0, 0.1) is 93.7 Å². The van der Waals surface area contributed by atoms with E-state index in [1.54, 1.807) is 50.1 Å². The molecule has 1 saturated heterocycles. The standard InChI is InChI=1S/C78H103NO2/c1-9-11-62-39-14-49-12-15-50-23-27-57(28-24-51(50)16-13-49)65-43-36-61-32-29-58-35-42-64(66-46-79-75(65)73(61)70(58)66)56-25-21-54(22-26-56)52-17-19-53(20-18-52)55-33-40-63(41-34-55)78(6,48(4)80-7)68-45-38-60-31-30-59-37-44-67(77(62,5)10-2)69-47(3)76(81-8)74(68)72(60)71(59)69/h14,25,29-33,35-40,42-45,47-54,57,62,66-70,73-76,79H,9-13,15-24,26-28,34,41,46H2,1-8H3/b39-14-/t47?,48?,49?,50?,51?,52?,53?,54?,57?,62?,66-,67?,68?,69?,70?,73?,74?,75?,76?,77?,78-/m1/s1. The summed E-state index contributed by atoms with van der Waals surface area (Å²) in [4.78, 5) is 0. The van der Waals surface area contributed by atoms with Gasteiger partial charge in [0.15, 0.2) is 0 Å². The maximum atomic E-state index is 7.04. The van der Waals surface area contributed by atoms with E-state index in [2.05, 4.69) is 150 Å². The van der Waals surface area contributed by atoms with Crippen molar-refractivity contribution in [3.63, 3.8) is 0 Å². The van der Waals surface area contributed by atoms with E-state index in [1.807, 2.05) is 14.2 Å². The van der Waals surface area contributed by atoms with Crippen molar-refractivity contribution in [3.05, 3.63) is 152 Å². The average Bonchev–Trinajstić information content (AvgIpc) is 2.90. The smallest absolute Gasteiger partial charge is 0.0677 e. The first-order valence-electron chi connectivity index (χ1n) is 34.2. The first kappa shape index (κ1) is 55.1. The van der Waals surface area contributed by atoms with Crippen molar-refractivity contribution in [3.8, 4) is 0 Å². The summed E-state index contributed by atoms with van der Waals surface area (Å²) in [6.07, 6.45) is 66.1. The Morgan fingerprint density at radius 3 is 1.95 bits per heavy atom. The lowest BCUT2D eigenvalue weighted by Gasteiger charge is -2.57. The van der Waals surface area contributed by atoms with Crippen LogP contribution in [0.2, 0.25) is 0 Å². The number of ether oxygens (including phenoxy) is 2. The molecule has 3 heteroatoms. The van der Waals surface area contributed by atoms with E-state index in [-0.39, 0.29) is 34.9 Å². The minimum absolute atomic E-state index is 0.0558. The first-order chi connectivity index (χ1) is 39.5. The number of allylic oxidation sites excluding steroid dienone is 16. The van der Waals surface area contributed by atoms with Crippen molar-refractivity contribution >= 4 is 12.2 Å². The highest BCUT2D eigenvalue weighted by molar-refractivity contribution is 5.71. The number of piperidine rings is 1. The molecule has 11 aliphatic carbocycles. The van der Waals surface area contributed by atoms with Gasteiger partial charge in [-0.05, 0) is 255 Å². The second kappa shape index (κ2) is 22.3. The van der Waals surface area contributed by atoms with Crippen LogP contribution in [-0.2, 0) is 9.47 Å². The molecule has 0 amide bonds. The Bertz CT molecular complexity index is 2920. The van der Waals surface area contributed by atoms with Gasteiger partial charge in [-0.1, -0.05) is 155 Å². The van der Waals surface area contributed by atoms with Gasteiger partial charge in [0.1, 0.15) is 0 Å². The Morgan fingerprint density at radius 2 is 1.30 bits per heavy atom. The average molecular weight is 1090 g/mol. The molecule has 1 aromatic carbocycles. The zero-order chi connectivity index (χ0) is 55.3. The molecule has 1 aromatic rings. The third-order valence-corrected chi connectivity index (χ3v) is 27.0. The highest BCUT2D eigenvalue weighted by atomic mass is 16.5. The van der Waals surface area contributed by atoms with Gasteiger partial charge in [0.2, 0.25) is 0 Å². The summed E-state index contributed by atoms with van der Waals surface area (Å²) in [5.41, 5.74) is 17.7. The molecular weight excluding hydrogens is 983 g/mol. The molecule has 3 saturated carbocycles. The van der Waals surface area contributed by atoms with Gasteiger partial charge < -0.3 is 14.8 Å². The lowest BCUT2D eigenvalue weighted by molar-refractivity contribution is -0.0521. The van der Waals surface area contributed by atoms with Crippen LogP contribution in [0.25, 0.3) is 12.2 Å². The molecule has 0 aromatic heterocycles. The largest absolute Gasteiger partial charge is 0.381 e. The topological polar surface area (TPSA) is 30.5 Å². The zero-order valence-corrected chi connectivity index (χ0v) is 51.5. The lowest BCUT2D eigenvalue weighted by Crippen LogP contribution is -2.56. The number of hydrogen-bond acceptors (Lipinski definition) is 3. The van der Waals surface area contributed by atoms with Gasteiger partial charge in [0.25, 0.3) is 0 Å². The molecule has 18 bridgehead atoms. The summed E-state index contributed by atoms with van der Waals surface area (Å²) >= 11 is 0. The number of nitrogens with one attached hydrogen (secondary N) is 1. The van der Waals surface area contributed by atoms with Crippen LogP contribution in [0.4, 0.5) is 0 Å². The van der Waals surface area contributed by atoms with Crippen molar-refractivity contribution in [2.75, 3.05) is 20.8 Å². The van der Waals surface area contributed by atoms with Crippen molar-refractivity contribution in [2.45, 2.75) is 200 Å². The van der Waals surface area contributed by atoms with E-state index in [0.717, 1.165) is 42.6 Å². The second-order valence-corrected chi connectivity index (χ2v) is 29.8. The third kappa shape index (κ3) is 9.15. The number of benzene rings is 1. The monoisotopic (exact) mass is 1090 g/mol. The van der Waals surface area contributed by atoms with Gasteiger partial charge in [-0.2, -0.15) is 0 Å². The fraction of sp³-hybridized carbons (Fsp3) is 0.641. The molecule has 25 aliphatic rings. The molecule has 81 heavy (non-hydrogen) atoms. The summed E-state index contributed by atoms with van der Waals surface area (Å²) in [7, 11) is 4.02. The Labute approximate surface area is 491 Å². The number of rotatable bonds is 6. The third-order valence-electron chi connectivity index (χ3n) is 27.0. The predicted octanol–water partition coefficient (Wildman–Crippen LogP) is 19.2. The van der Waals surface area contributed by atoms with Crippen LogP contribution in [0.15, 0.2) is 130 Å². The highest BCUT2D eigenvalue weighted by Gasteiger charge is 2.58. The molecule has 3 nitrogen and oxygen atoms in total. The fourth-order valence-electron chi connectivity index (χ4n) is 22.0. The summed E-state index contributed by atoms with van der Waals surface area (Å²) in [5, 5.41) is 4.36. The van der Waals surface area contributed by atoms with Crippen molar-refractivity contribution in [2.24, 2.45) is 93.7 Å². The molecule has 0 radical (unpaired) electrons. The van der Waals surface area contributed by atoms with Crippen LogP contribution < -0.4 is 5.32 Å². The SMILES string of the molecule is CCCC1/C=C\C2CCC3CCC(CCC3CC2)C2=CC=C3C=CC4=CC=C(C5=CCC(CC5)C5CCC(CC5)C5=CC=C(CC5)[C@@](C)(C(C)OC)C5C=Cc6ccc7c8c6C5C(OC)C(C)C8C(C=C7)C1(C)CC)[C@H]1CNC2C3C41. The number of hydrogen-bond donors (Lipinski definition) is 1.